The maximum absolute atomic E-state index is 14.0. The van der Waals surface area contributed by atoms with Crippen LogP contribution in [0.15, 0.2) is 89.7 Å². The molecule has 0 saturated carbocycles. The highest BCUT2D eigenvalue weighted by molar-refractivity contribution is 6.40. The first kappa shape index (κ1) is 24.6. The van der Waals surface area contributed by atoms with E-state index >= 15 is 0 Å². The number of halogens is 2. The molecule has 2 heterocycles. The predicted octanol–water partition coefficient (Wildman–Crippen LogP) is 5.82. The Labute approximate surface area is 220 Å². The van der Waals surface area contributed by atoms with Crippen LogP contribution in [-0.4, -0.2) is 26.4 Å². The van der Waals surface area contributed by atoms with Crippen molar-refractivity contribution in [2.75, 3.05) is 5.34 Å². The summed E-state index contributed by atoms with van der Waals surface area (Å²) in [5.74, 6) is -0.597. The summed E-state index contributed by atoms with van der Waals surface area (Å²) in [5.41, 5.74) is 0.978. The molecule has 0 radical (unpaired) electrons. The van der Waals surface area contributed by atoms with Crippen molar-refractivity contribution in [1.29, 1.82) is 0 Å². The Kier molecular flexibility index (Phi) is 6.27. The van der Waals surface area contributed by atoms with E-state index in [1.54, 1.807) is 12.1 Å². The summed E-state index contributed by atoms with van der Waals surface area (Å²) in [5, 5.41) is 12.4. The molecule has 184 valence electrons. The number of non-ortho nitro benzene ring substituents is 1. The van der Waals surface area contributed by atoms with E-state index in [-0.39, 0.29) is 34.4 Å². The van der Waals surface area contributed by atoms with E-state index in [1.807, 2.05) is 42.5 Å². The molecule has 9 heteroatoms. The van der Waals surface area contributed by atoms with Gasteiger partial charge in [0.2, 0.25) is 0 Å². The molecule has 7 nitrogen and oxygen atoms in total. The SMILES string of the molecule is ClCCl.O=C1C=CC(=O)[C@@]2(C1)c1ccccc1-c1c(-c3ccccc3)c3cc([N+](=O)[O-])ccc3c(=O)n12. The second-order valence-electron chi connectivity index (χ2n) is 8.56. The van der Waals surface area contributed by atoms with Crippen molar-refractivity contribution in [2.45, 2.75) is 12.0 Å². The van der Waals surface area contributed by atoms with Gasteiger partial charge in [-0.3, -0.25) is 29.1 Å². The number of carbonyl (C=O) groups is 2. The fourth-order valence-electron chi connectivity index (χ4n) is 5.31. The van der Waals surface area contributed by atoms with Crippen molar-refractivity contribution in [3.05, 3.63) is 111 Å². The van der Waals surface area contributed by atoms with Crippen molar-refractivity contribution in [2.24, 2.45) is 0 Å². The van der Waals surface area contributed by atoms with Crippen molar-refractivity contribution < 1.29 is 14.5 Å². The number of ketones is 2. The first-order chi connectivity index (χ1) is 17.8. The fraction of sp³-hybridized carbons (Fsp3) is 0.107. The molecule has 2 aliphatic rings. The van der Waals surface area contributed by atoms with Gasteiger partial charge in [0.1, 0.15) is 5.54 Å². The highest BCUT2D eigenvalue weighted by Gasteiger charge is 2.52. The zero-order valence-electron chi connectivity index (χ0n) is 19.2. The molecule has 0 saturated heterocycles. The van der Waals surface area contributed by atoms with Crippen molar-refractivity contribution in [3.63, 3.8) is 0 Å². The number of hydrogen-bond acceptors (Lipinski definition) is 5. The van der Waals surface area contributed by atoms with Crippen LogP contribution in [0, 0.1) is 10.1 Å². The molecule has 37 heavy (non-hydrogen) atoms. The molecular formula is C28H18Cl2N2O5. The Hall–Kier alpha value is -4.07. The van der Waals surface area contributed by atoms with E-state index in [0.29, 0.717) is 27.8 Å². The molecule has 0 amide bonds. The number of pyridine rings is 1. The Bertz CT molecular complexity index is 1690. The number of nitrogens with zero attached hydrogens (tertiary/aromatic N) is 2. The third-order valence-corrected chi connectivity index (χ3v) is 6.71. The van der Waals surface area contributed by atoms with Crippen LogP contribution in [0.1, 0.15) is 12.0 Å². The summed E-state index contributed by atoms with van der Waals surface area (Å²) >= 11 is 9.53. The largest absolute Gasteiger partial charge is 0.295 e. The van der Waals surface area contributed by atoms with Gasteiger partial charge in [0.25, 0.3) is 11.2 Å². The third kappa shape index (κ3) is 3.70. The average molecular weight is 533 g/mol. The number of nitro benzene ring substituents is 1. The zero-order chi connectivity index (χ0) is 26.3. The van der Waals surface area contributed by atoms with E-state index in [4.69, 9.17) is 23.2 Å². The molecule has 3 aromatic carbocycles. The van der Waals surface area contributed by atoms with E-state index in [1.165, 1.54) is 34.9 Å². The number of allylic oxidation sites excluding steroid dienone is 2. The van der Waals surface area contributed by atoms with Gasteiger partial charge in [-0.25, -0.2) is 0 Å². The van der Waals surface area contributed by atoms with Crippen molar-refractivity contribution >= 4 is 51.2 Å². The summed E-state index contributed by atoms with van der Waals surface area (Å²) in [6.45, 7) is 0. The maximum Gasteiger partial charge on any atom is 0.270 e. The minimum absolute atomic E-state index is 0.137. The quantitative estimate of drug-likeness (QED) is 0.184. The van der Waals surface area contributed by atoms with E-state index in [0.717, 1.165) is 5.56 Å². The van der Waals surface area contributed by atoms with Gasteiger partial charge in [-0.15, -0.1) is 23.2 Å². The number of rotatable bonds is 2. The van der Waals surface area contributed by atoms with Crippen LogP contribution in [0.2, 0.25) is 0 Å². The molecule has 1 aliphatic carbocycles. The van der Waals surface area contributed by atoms with Crippen LogP contribution in [0.5, 0.6) is 0 Å². The normalized spacial score (nSPS) is 17.4. The minimum atomic E-state index is -1.49. The molecule has 1 spiro atoms. The summed E-state index contributed by atoms with van der Waals surface area (Å²) in [6, 6.07) is 20.6. The highest BCUT2D eigenvalue weighted by atomic mass is 35.5. The topological polar surface area (TPSA) is 99.3 Å². The summed E-state index contributed by atoms with van der Waals surface area (Å²) in [6.07, 6.45) is 2.33. The Morgan fingerprint density at radius 1 is 0.892 bits per heavy atom. The number of aromatic nitrogens is 1. The highest BCUT2D eigenvalue weighted by Crippen LogP contribution is 2.51. The van der Waals surface area contributed by atoms with Crippen molar-refractivity contribution in [3.8, 4) is 22.4 Å². The maximum atomic E-state index is 14.0. The van der Waals surface area contributed by atoms with Gasteiger partial charge in [0.05, 0.1) is 16.0 Å². The van der Waals surface area contributed by atoms with Gasteiger partial charge in [0, 0.05) is 40.5 Å². The predicted molar refractivity (Wildman–Crippen MR) is 143 cm³/mol. The van der Waals surface area contributed by atoms with E-state index < -0.39 is 16.0 Å². The molecule has 1 aliphatic heterocycles. The molecule has 0 N–H and O–H groups in total. The van der Waals surface area contributed by atoms with Crippen molar-refractivity contribution in [1.82, 2.24) is 4.57 Å². The van der Waals surface area contributed by atoms with Crippen LogP contribution >= 0.6 is 23.2 Å². The third-order valence-electron chi connectivity index (χ3n) is 6.71. The number of carbonyl (C=O) groups excluding carboxylic acids is 2. The summed E-state index contributed by atoms with van der Waals surface area (Å²) in [4.78, 5) is 51.1. The molecular weight excluding hydrogens is 515 g/mol. The van der Waals surface area contributed by atoms with Crippen LogP contribution in [0.25, 0.3) is 33.2 Å². The molecule has 0 fully saturated rings. The van der Waals surface area contributed by atoms with Crippen LogP contribution < -0.4 is 5.56 Å². The van der Waals surface area contributed by atoms with E-state index in [9.17, 15) is 24.5 Å². The van der Waals surface area contributed by atoms with Gasteiger partial charge in [-0.1, -0.05) is 54.6 Å². The number of hydrogen-bond donors (Lipinski definition) is 0. The van der Waals surface area contributed by atoms with Crippen LogP contribution in [0.3, 0.4) is 0 Å². The monoisotopic (exact) mass is 532 g/mol. The lowest BCUT2D eigenvalue weighted by atomic mass is 9.78. The first-order valence-electron chi connectivity index (χ1n) is 11.3. The van der Waals surface area contributed by atoms with Crippen LogP contribution in [0.4, 0.5) is 5.69 Å². The average Bonchev–Trinajstić information content (AvgIpc) is 3.18. The molecule has 0 bridgehead atoms. The Balaban J connectivity index is 0.000000892. The van der Waals surface area contributed by atoms with E-state index in [2.05, 4.69) is 0 Å². The number of nitro groups is 1. The Morgan fingerprint density at radius 2 is 1.57 bits per heavy atom. The lowest BCUT2D eigenvalue weighted by Crippen LogP contribution is -2.48. The fourth-order valence-corrected chi connectivity index (χ4v) is 5.31. The molecule has 6 rings (SSSR count). The van der Waals surface area contributed by atoms with Gasteiger partial charge >= 0.3 is 0 Å². The molecule has 0 unspecified atom stereocenters. The minimum Gasteiger partial charge on any atom is -0.295 e. The smallest absolute Gasteiger partial charge is 0.270 e. The lowest BCUT2D eigenvalue weighted by Gasteiger charge is -2.32. The van der Waals surface area contributed by atoms with Gasteiger partial charge < -0.3 is 0 Å². The number of fused-ring (bicyclic) bond motifs is 6. The standard InChI is InChI=1S/C27H16N2O5.CH2Cl2/c30-18-11-13-23(31)27(15-18)22-9-5-4-8-20(22)25-24(16-6-2-1-3-7-16)21-14-17(29(33)34)10-12-19(21)26(32)28(25)27;2-1-3/h1-14H,15H2;1H2/t27-;/m1./s1. The van der Waals surface area contributed by atoms with Gasteiger partial charge in [-0.05, 0) is 29.3 Å². The lowest BCUT2D eigenvalue weighted by molar-refractivity contribution is -0.384. The number of benzene rings is 3. The molecule has 1 aromatic heterocycles. The zero-order valence-corrected chi connectivity index (χ0v) is 20.7. The molecule has 4 aromatic rings. The Morgan fingerprint density at radius 3 is 2.27 bits per heavy atom. The second-order valence-corrected chi connectivity index (χ2v) is 9.37. The van der Waals surface area contributed by atoms with Crippen LogP contribution in [-0.2, 0) is 15.1 Å². The first-order valence-corrected chi connectivity index (χ1v) is 12.3. The van der Waals surface area contributed by atoms with Gasteiger partial charge in [0.15, 0.2) is 11.6 Å². The molecule has 1 atom stereocenters. The van der Waals surface area contributed by atoms with Gasteiger partial charge in [-0.2, -0.15) is 0 Å². The summed E-state index contributed by atoms with van der Waals surface area (Å²) in [7, 11) is 0. The number of alkyl halides is 2. The summed E-state index contributed by atoms with van der Waals surface area (Å²) < 4.78 is 1.44. The second kappa shape index (κ2) is 9.42.